The van der Waals surface area contributed by atoms with Crippen molar-refractivity contribution in [3.63, 3.8) is 0 Å². The summed E-state index contributed by atoms with van der Waals surface area (Å²) >= 11 is 13.5. The molecule has 1 atom stereocenters. The zero-order chi connectivity index (χ0) is 18.0. The van der Waals surface area contributed by atoms with Crippen molar-refractivity contribution in [1.29, 1.82) is 5.26 Å². The van der Waals surface area contributed by atoms with Gasteiger partial charge in [0.05, 0.1) is 19.6 Å². The fourth-order valence-corrected chi connectivity index (χ4v) is 3.66. The first kappa shape index (κ1) is 21.1. The predicted octanol–water partition coefficient (Wildman–Crippen LogP) is 4.26. The summed E-state index contributed by atoms with van der Waals surface area (Å²) in [5, 5.41) is 20.3. The third-order valence-electron chi connectivity index (χ3n) is 3.46. The Balaban J connectivity index is 2.20. The number of aryl methyl sites for hydroxylation is 1. The summed E-state index contributed by atoms with van der Waals surface area (Å²) in [5.41, 5.74) is -0.570. The van der Waals surface area contributed by atoms with E-state index in [-0.39, 0.29) is 12.2 Å². The van der Waals surface area contributed by atoms with Crippen molar-refractivity contribution < 1.29 is 14.6 Å². The lowest BCUT2D eigenvalue weighted by Gasteiger charge is -2.18. The molecule has 0 heterocycles. The number of carbonyl (C=O) groups is 1. The molecule has 0 amide bonds. The molecule has 0 fully saturated rings. The van der Waals surface area contributed by atoms with Crippen molar-refractivity contribution in [2.45, 2.75) is 37.7 Å². The fraction of sp³-hybridized carbons (Fsp3) is 0.529. The van der Waals surface area contributed by atoms with Gasteiger partial charge in [-0.05, 0) is 42.7 Å². The van der Waals surface area contributed by atoms with Crippen LogP contribution >= 0.6 is 35.0 Å². The number of unbranched alkanes of at least 4 members (excludes halogenated alkanes) is 2. The number of nitriles is 1. The lowest BCUT2D eigenvalue weighted by molar-refractivity contribution is -0.143. The number of carbonyl (C=O) groups excluding carboxylic acids is 1. The number of benzene rings is 1. The highest BCUT2D eigenvalue weighted by atomic mass is 35.5. The summed E-state index contributed by atoms with van der Waals surface area (Å²) in [7, 11) is 1.24. The highest BCUT2D eigenvalue weighted by Gasteiger charge is 2.30. The van der Waals surface area contributed by atoms with E-state index in [1.165, 1.54) is 18.9 Å². The minimum atomic E-state index is -1.66. The van der Waals surface area contributed by atoms with E-state index in [9.17, 15) is 9.90 Å². The van der Waals surface area contributed by atoms with Crippen molar-refractivity contribution >= 4 is 40.9 Å². The Bertz CT molecular complexity index is 592. The molecule has 1 rings (SSSR count). The van der Waals surface area contributed by atoms with E-state index in [0.717, 1.165) is 37.0 Å². The number of halogens is 2. The van der Waals surface area contributed by atoms with Gasteiger partial charge in [0.1, 0.15) is 0 Å². The van der Waals surface area contributed by atoms with E-state index in [4.69, 9.17) is 28.5 Å². The van der Waals surface area contributed by atoms with Crippen molar-refractivity contribution in [3.05, 3.63) is 33.8 Å². The fourth-order valence-electron chi connectivity index (χ4n) is 2.10. The zero-order valence-corrected chi connectivity index (χ0v) is 15.9. The summed E-state index contributed by atoms with van der Waals surface area (Å²) in [5.74, 6) is 0.431. The normalized spacial score (nSPS) is 13.1. The minimum Gasteiger partial charge on any atom is -0.469 e. The number of thioether (sulfide) groups is 1. The molecule has 0 aliphatic rings. The number of esters is 1. The zero-order valence-electron chi connectivity index (χ0n) is 13.6. The molecule has 0 aromatic heterocycles. The standard InChI is InChI=1S/C17H21Cl2NO3S/c1-23-16(21)10-17(22,11-20)12-24-8-4-2-3-5-13-6-7-14(18)9-15(13)19/h6-7,9,22H,2-5,8,10,12H2,1H3. The number of ether oxygens (including phenoxy) is 1. The van der Waals surface area contributed by atoms with Crippen LogP contribution in [0.5, 0.6) is 0 Å². The molecule has 0 radical (unpaired) electrons. The van der Waals surface area contributed by atoms with Crippen LogP contribution in [0.1, 0.15) is 31.2 Å². The molecule has 24 heavy (non-hydrogen) atoms. The van der Waals surface area contributed by atoms with Gasteiger partial charge >= 0.3 is 5.97 Å². The van der Waals surface area contributed by atoms with Gasteiger partial charge < -0.3 is 9.84 Å². The Morgan fingerprint density at radius 2 is 2.12 bits per heavy atom. The summed E-state index contributed by atoms with van der Waals surface area (Å²) in [4.78, 5) is 11.2. The summed E-state index contributed by atoms with van der Waals surface area (Å²) < 4.78 is 4.49. The van der Waals surface area contributed by atoms with Crippen LogP contribution in [0.4, 0.5) is 0 Å². The van der Waals surface area contributed by atoms with Gasteiger partial charge in [-0.1, -0.05) is 35.7 Å². The van der Waals surface area contributed by atoms with Gasteiger partial charge in [-0.15, -0.1) is 0 Å². The van der Waals surface area contributed by atoms with E-state index in [0.29, 0.717) is 10.0 Å². The number of hydrogen-bond donors (Lipinski definition) is 1. The molecule has 0 spiro atoms. The Hall–Kier alpha value is -0.930. The molecule has 0 aliphatic heterocycles. The molecule has 1 aromatic rings. The first-order chi connectivity index (χ1) is 11.4. The summed E-state index contributed by atoms with van der Waals surface area (Å²) in [6.07, 6.45) is 3.59. The monoisotopic (exact) mass is 389 g/mol. The third kappa shape index (κ3) is 7.76. The quantitative estimate of drug-likeness (QED) is 0.367. The topological polar surface area (TPSA) is 70.3 Å². The first-order valence-corrected chi connectivity index (χ1v) is 9.53. The predicted molar refractivity (Wildman–Crippen MR) is 98.5 cm³/mol. The number of rotatable bonds is 10. The van der Waals surface area contributed by atoms with Gasteiger partial charge in [0.25, 0.3) is 0 Å². The molecule has 7 heteroatoms. The van der Waals surface area contributed by atoms with Gasteiger partial charge in [0.15, 0.2) is 5.60 Å². The van der Waals surface area contributed by atoms with E-state index < -0.39 is 11.6 Å². The minimum absolute atomic E-state index is 0.196. The van der Waals surface area contributed by atoms with E-state index in [1.807, 2.05) is 12.1 Å². The van der Waals surface area contributed by atoms with Crippen LogP contribution in [0.3, 0.4) is 0 Å². The third-order valence-corrected chi connectivity index (χ3v) is 5.31. The van der Waals surface area contributed by atoms with Gasteiger partial charge in [-0.25, -0.2) is 0 Å². The molecule has 0 bridgehead atoms. The van der Waals surface area contributed by atoms with Crippen molar-refractivity contribution in [3.8, 4) is 6.07 Å². The van der Waals surface area contributed by atoms with Crippen LogP contribution in [0.15, 0.2) is 18.2 Å². The molecule has 1 unspecified atom stereocenters. The summed E-state index contributed by atoms with van der Waals surface area (Å²) in [6.45, 7) is 0. The van der Waals surface area contributed by atoms with Gasteiger partial charge in [-0.2, -0.15) is 17.0 Å². The molecule has 0 aliphatic carbocycles. The molecular formula is C17H21Cl2NO3S. The first-order valence-electron chi connectivity index (χ1n) is 7.62. The Morgan fingerprint density at radius 1 is 1.38 bits per heavy atom. The molecule has 132 valence electrons. The molecule has 1 aromatic carbocycles. The Labute approximate surface area is 157 Å². The van der Waals surface area contributed by atoms with E-state index >= 15 is 0 Å². The maximum absolute atomic E-state index is 11.2. The second-order valence-corrected chi connectivity index (χ2v) is 7.44. The van der Waals surface area contributed by atoms with Crippen LogP contribution in [-0.2, 0) is 16.0 Å². The highest BCUT2D eigenvalue weighted by Crippen LogP contribution is 2.23. The molecule has 0 saturated carbocycles. The van der Waals surface area contributed by atoms with Crippen LogP contribution in [0.25, 0.3) is 0 Å². The van der Waals surface area contributed by atoms with Crippen LogP contribution < -0.4 is 0 Å². The second kappa shape index (κ2) is 10.8. The molecule has 4 nitrogen and oxygen atoms in total. The average Bonchev–Trinajstić information content (AvgIpc) is 2.55. The molecule has 1 N–H and O–H groups in total. The maximum Gasteiger partial charge on any atom is 0.309 e. The van der Waals surface area contributed by atoms with Crippen LogP contribution in [-0.4, -0.2) is 35.3 Å². The average molecular weight is 390 g/mol. The maximum atomic E-state index is 11.2. The van der Waals surface area contributed by atoms with E-state index in [1.54, 1.807) is 12.1 Å². The van der Waals surface area contributed by atoms with E-state index in [2.05, 4.69) is 4.74 Å². The van der Waals surface area contributed by atoms with Gasteiger partial charge in [0.2, 0.25) is 0 Å². The van der Waals surface area contributed by atoms with Gasteiger partial charge in [-0.3, -0.25) is 4.79 Å². The highest BCUT2D eigenvalue weighted by molar-refractivity contribution is 7.99. The number of aliphatic hydroxyl groups is 1. The van der Waals surface area contributed by atoms with Crippen LogP contribution in [0.2, 0.25) is 10.0 Å². The second-order valence-electron chi connectivity index (χ2n) is 5.50. The smallest absolute Gasteiger partial charge is 0.309 e. The number of nitrogens with zero attached hydrogens (tertiary/aromatic N) is 1. The lowest BCUT2D eigenvalue weighted by Crippen LogP contribution is -2.33. The van der Waals surface area contributed by atoms with Gasteiger partial charge in [0, 0.05) is 15.8 Å². The Morgan fingerprint density at radius 3 is 2.75 bits per heavy atom. The summed E-state index contributed by atoms with van der Waals surface area (Å²) in [6, 6.07) is 7.31. The lowest BCUT2D eigenvalue weighted by atomic mass is 10.1. The molecular weight excluding hydrogens is 369 g/mol. The van der Waals surface area contributed by atoms with Crippen LogP contribution in [0, 0.1) is 11.3 Å². The SMILES string of the molecule is COC(=O)CC(O)(C#N)CSCCCCCc1ccc(Cl)cc1Cl. The Kier molecular flexibility index (Phi) is 9.53. The largest absolute Gasteiger partial charge is 0.469 e. The van der Waals surface area contributed by atoms with Crippen molar-refractivity contribution in [2.24, 2.45) is 0 Å². The number of hydrogen-bond acceptors (Lipinski definition) is 5. The number of methoxy groups -OCH3 is 1. The van der Waals surface area contributed by atoms with Crippen molar-refractivity contribution in [2.75, 3.05) is 18.6 Å². The van der Waals surface area contributed by atoms with Crippen molar-refractivity contribution in [1.82, 2.24) is 0 Å². The molecule has 0 saturated heterocycles.